The van der Waals surface area contributed by atoms with E-state index in [4.69, 9.17) is 4.74 Å². The van der Waals surface area contributed by atoms with Crippen molar-refractivity contribution in [2.24, 2.45) is 0 Å². The Bertz CT molecular complexity index is 968. The molecule has 1 N–H and O–H groups in total. The summed E-state index contributed by atoms with van der Waals surface area (Å²) in [6.07, 6.45) is 4.09. The summed E-state index contributed by atoms with van der Waals surface area (Å²) in [5, 5.41) is -0.529. The first-order valence-electron chi connectivity index (χ1n) is 10.8. The normalized spacial score (nSPS) is 25.5. The standard InChI is InChI=1S/C20H30N4O5S/c1-13(2)30(27,28)23-10-8-14-15(12-23)21-18(22-19(14)25)16-6-3-4-9-24(16)20(26)17-7-5-11-29-17/h13,16-17H,3-12H2,1-2H3,(H,21,22,25)/t16-,17+/m0/s1. The first kappa shape index (κ1) is 21.5. The van der Waals surface area contributed by atoms with Gasteiger partial charge in [0.15, 0.2) is 0 Å². The van der Waals surface area contributed by atoms with Crippen molar-refractivity contribution < 1.29 is 17.9 Å². The summed E-state index contributed by atoms with van der Waals surface area (Å²) in [6.45, 7) is 4.89. The van der Waals surface area contributed by atoms with Gasteiger partial charge in [-0.3, -0.25) is 9.59 Å². The fourth-order valence-corrected chi connectivity index (χ4v) is 5.79. The Hall–Kier alpha value is -1.78. The zero-order chi connectivity index (χ0) is 21.5. The first-order chi connectivity index (χ1) is 14.3. The van der Waals surface area contributed by atoms with E-state index in [0.717, 1.165) is 25.7 Å². The molecular formula is C20H30N4O5S. The summed E-state index contributed by atoms with van der Waals surface area (Å²) in [5.41, 5.74) is 0.813. The van der Waals surface area contributed by atoms with Crippen molar-refractivity contribution in [2.75, 3.05) is 19.7 Å². The van der Waals surface area contributed by atoms with Gasteiger partial charge in [-0.25, -0.2) is 13.4 Å². The number of nitrogens with zero attached hydrogens (tertiary/aromatic N) is 3. The topological polar surface area (TPSA) is 113 Å². The fourth-order valence-electron chi connectivity index (χ4n) is 4.55. The molecule has 0 unspecified atom stereocenters. The van der Waals surface area contributed by atoms with Crippen molar-refractivity contribution in [1.82, 2.24) is 19.2 Å². The highest BCUT2D eigenvalue weighted by molar-refractivity contribution is 7.89. The molecule has 2 saturated heterocycles. The lowest BCUT2D eigenvalue weighted by atomic mass is 9.99. The van der Waals surface area contributed by atoms with Gasteiger partial charge in [-0.05, 0) is 52.4 Å². The number of rotatable bonds is 4. The third-order valence-electron chi connectivity index (χ3n) is 6.32. The van der Waals surface area contributed by atoms with Crippen molar-refractivity contribution in [3.8, 4) is 0 Å². The zero-order valence-corrected chi connectivity index (χ0v) is 18.4. The number of hydrogen-bond donors (Lipinski definition) is 1. The molecule has 0 aromatic carbocycles. The van der Waals surface area contributed by atoms with Crippen LogP contribution in [0.25, 0.3) is 0 Å². The van der Waals surface area contributed by atoms with Crippen LogP contribution in [0.3, 0.4) is 0 Å². The average molecular weight is 439 g/mol. The maximum absolute atomic E-state index is 13.0. The Morgan fingerprint density at radius 3 is 2.70 bits per heavy atom. The molecule has 2 atom stereocenters. The number of carbonyl (C=O) groups is 1. The molecule has 2 fully saturated rings. The van der Waals surface area contributed by atoms with Crippen molar-refractivity contribution in [1.29, 1.82) is 0 Å². The van der Waals surface area contributed by atoms with Gasteiger partial charge < -0.3 is 14.6 Å². The lowest BCUT2D eigenvalue weighted by Crippen LogP contribution is -2.46. The summed E-state index contributed by atoms with van der Waals surface area (Å²) >= 11 is 0. The van der Waals surface area contributed by atoms with Gasteiger partial charge in [0.05, 0.1) is 23.5 Å². The number of aromatic nitrogens is 2. The molecule has 9 nitrogen and oxygen atoms in total. The third-order valence-corrected chi connectivity index (χ3v) is 8.54. The maximum Gasteiger partial charge on any atom is 0.254 e. The average Bonchev–Trinajstić information content (AvgIpc) is 3.27. The molecule has 0 spiro atoms. The largest absolute Gasteiger partial charge is 0.368 e. The van der Waals surface area contributed by atoms with Gasteiger partial charge in [0, 0.05) is 25.3 Å². The van der Waals surface area contributed by atoms with Crippen LogP contribution in [0.2, 0.25) is 0 Å². The number of nitrogens with one attached hydrogen (secondary N) is 1. The van der Waals surface area contributed by atoms with Crippen LogP contribution in [0.5, 0.6) is 0 Å². The maximum atomic E-state index is 13.0. The highest BCUT2D eigenvalue weighted by Gasteiger charge is 2.37. The predicted octanol–water partition coefficient (Wildman–Crippen LogP) is 1.10. The highest BCUT2D eigenvalue weighted by atomic mass is 32.2. The second kappa shape index (κ2) is 8.39. The van der Waals surface area contributed by atoms with Crippen molar-refractivity contribution in [3.63, 3.8) is 0 Å². The molecule has 1 amide bonds. The number of hydrogen-bond acceptors (Lipinski definition) is 6. The monoisotopic (exact) mass is 438 g/mol. The molecule has 0 bridgehead atoms. The molecule has 4 heterocycles. The number of fused-ring (bicyclic) bond motifs is 1. The number of ether oxygens (including phenoxy) is 1. The van der Waals surface area contributed by atoms with Gasteiger partial charge in [-0.2, -0.15) is 4.31 Å². The van der Waals surface area contributed by atoms with E-state index in [1.165, 1.54) is 4.31 Å². The van der Waals surface area contributed by atoms with Crippen LogP contribution in [0.4, 0.5) is 0 Å². The molecule has 4 rings (SSSR count). The number of aromatic amines is 1. The lowest BCUT2D eigenvalue weighted by molar-refractivity contribution is -0.145. The summed E-state index contributed by atoms with van der Waals surface area (Å²) in [4.78, 5) is 35.1. The van der Waals surface area contributed by atoms with Gasteiger partial charge in [-0.15, -0.1) is 0 Å². The fraction of sp³-hybridized carbons (Fsp3) is 0.750. The van der Waals surface area contributed by atoms with Gasteiger partial charge in [0.1, 0.15) is 11.9 Å². The van der Waals surface area contributed by atoms with Gasteiger partial charge in [0.25, 0.3) is 11.5 Å². The van der Waals surface area contributed by atoms with Crippen LogP contribution in [0.15, 0.2) is 4.79 Å². The number of H-pyrrole nitrogens is 1. The van der Waals surface area contributed by atoms with Crippen LogP contribution in [0, 0.1) is 0 Å². The molecule has 3 aliphatic rings. The minimum absolute atomic E-state index is 0.0402. The Balaban J connectivity index is 1.64. The summed E-state index contributed by atoms with van der Waals surface area (Å²) in [5.74, 6) is 0.412. The van der Waals surface area contributed by atoms with E-state index in [9.17, 15) is 18.0 Å². The summed E-state index contributed by atoms with van der Waals surface area (Å²) in [6, 6.07) is -0.314. The highest BCUT2D eigenvalue weighted by Crippen LogP contribution is 2.31. The Morgan fingerprint density at radius 2 is 2.00 bits per heavy atom. The van der Waals surface area contributed by atoms with Crippen LogP contribution in [-0.4, -0.2) is 64.5 Å². The van der Waals surface area contributed by atoms with E-state index < -0.39 is 21.4 Å². The van der Waals surface area contributed by atoms with E-state index in [1.807, 2.05) is 0 Å². The van der Waals surface area contributed by atoms with E-state index in [0.29, 0.717) is 43.1 Å². The second-order valence-electron chi connectivity index (χ2n) is 8.60. The zero-order valence-electron chi connectivity index (χ0n) is 17.6. The molecule has 1 aromatic rings. The third kappa shape index (κ3) is 3.92. The van der Waals surface area contributed by atoms with Crippen molar-refractivity contribution in [2.45, 2.75) is 76.3 Å². The van der Waals surface area contributed by atoms with Gasteiger partial charge in [-0.1, -0.05) is 0 Å². The second-order valence-corrected chi connectivity index (χ2v) is 11.1. The number of carbonyl (C=O) groups excluding carboxylic acids is 1. The molecule has 0 aliphatic carbocycles. The van der Waals surface area contributed by atoms with Crippen molar-refractivity contribution in [3.05, 3.63) is 27.4 Å². The summed E-state index contributed by atoms with van der Waals surface area (Å²) < 4.78 is 32.2. The van der Waals surface area contributed by atoms with Crippen LogP contribution in [-0.2, 0) is 32.5 Å². The minimum Gasteiger partial charge on any atom is -0.368 e. The van der Waals surface area contributed by atoms with Crippen LogP contribution >= 0.6 is 0 Å². The first-order valence-corrected chi connectivity index (χ1v) is 12.3. The molecule has 166 valence electrons. The van der Waals surface area contributed by atoms with Crippen LogP contribution < -0.4 is 5.56 Å². The minimum atomic E-state index is -3.43. The van der Waals surface area contributed by atoms with E-state index in [2.05, 4.69) is 9.97 Å². The number of likely N-dealkylation sites (tertiary alicyclic amines) is 1. The van der Waals surface area contributed by atoms with Crippen molar-refractivity contribution >= 4 is 15.9 Å². The smallest absolute Gasteiger partial charge is 0.254 e. The number of sulfonamides is 1. The molecule has 0 radical (unpaired) electrons. The number of amides is 1. The molecule has 10 heteroatoms. The Kier molecular flexibility index (Phi) is 6.00. The Morgan fingerprint density at radius 1 is 1.20 bits per heavy atom. The Labute approximate surface area is 176 Å². The van der Waals surface area contributed by atoms with E-state index in [1.54, 1.807) is 18.7 Å². The molecule has 3 aliphatic heterocycles. The molecule has 0 saturated carbocycles. The van der Waals surface area contributed by atoms with Gasteiger partial charge in [0.2, 0.25) is 10.0 Å². The van der Waals surface area contributed by atoms with Crippen LogP contribution in [0.1, 0.15) is 69.1 Å². The van der Waals surface area contributed by atoms with E-state index >= 15 is 0 Å². The SMILES string of the molecule is CC(C)S(=O)(=O)N1CCc2c(nc([C@@H]3CCCCN3C(=O)[C@H]3CCCO3)[nH]c2=O)C1. The summed E-state index contributed by atoms with van der Waals surface area (Å²) in [7, 11) is -3.43. The lowest BCUT2D eigenvalue weighted by Gasteiger charge is -2.37. The molecule has 1 aromatic heterocycles. The quantitative estimate of drug-likeness (QED) is 0.753. The van der Waals surface area contributed by atoms with E-state index in [-0.39, 0.29) is 30.6 Å². The van der Waals surface area contributed by atoms with Gasteiger partial charge >= 0.3 is 0 Å². The molecule has 30 heavy (non-hydrogen) atoms. The number of piperidine rings is 1. The molecular weight excluding hydrogens is 408 g/mol. The predicted molar refractivity (Wildman–Crippen MR) is 110 cm³/mol.